The second-order valence-corrected chi connectivity index (χ2v) is 7.83. The number of anilines is 1. The van der Waals surface area contributed by atoms with E-state index in [0.717, 1.165) is 47.8 Å². The number of likely N-dealkylation sites (tertiary alicyclic amines) is 1. The molecule has 28 heavy (non-hydrogen) atoms. The summed E-state index contributed by atoms with van der Waals surface area (Å²) >= 11 is 1.65. The summed E-state index contributed by atoms with van der Waals surface area (Å²) in [6.07, 6.45) is 1.07. The fourth-order valence-electron chi connectivity index (χ4n) is 3.37. The maximum Gasteiger partial charge on any atom is 0.193 e. The standard InChI is InChI=1S/C20H29N5O2S/c1-21-19(22-11-16-13-28-20(23-16)24(2)3)25-7-6-14(12-25)15-8-17(26-4)10-18(9-15)27-5/h8-10,13-14H,6-7,11-12H2,1-5H3,(H,21,22). The van der Waals surface area contributed by atoms with E-state index in [0.29, 0.717) is 12.5 Å². The van der Waals surface area contributed by atoms with E-state index in [1.807, 2.05) is 32.1 Å². The lowest BCUT2D eigenvalue weighted by atomic mass is 9.98. The number of nitrogens with one attached hydrogen (secondary N) is 1. The molecule has 1 unspecified atom stereocenters. The van der Waals surface area contributed by atoms with Crippen molar-refractivity contribution in [2.45, 2.75) is 18.9 Å². The molecule has 7 nitrogen and oxygen atoms in total. The van der Waals surface area contributed by atoms with Crippen LogP contribution < -0.4 is 19.7 Å². The third kappa shape index (κ3) is 4.67. The maximum absolute atomic E-state index is 5.42. The molecule has 1 saturated heterocycles. The van der Waals surface area contributed by atoms with E-state index in [1.165, 1.54) is 5.56 Å². The number of hydrogen-bond acceptors (Lipinski definition) is 6. The Balaban J connectivity index is 1.63. The number of aliphatic imine (C=N–C) groups is 1. The molecule has 1 aromatic carbocycles. The summed E-state index contributed by atoms with van der Waals surface area (Å²) in [4.78, 5) is 13.4. The van der Waals surface area contributed by atoms with Crippen LogP contribution in [0.2, 0.25) is 0 Å². The lowest BCUT2D eigenvalue weighted by Gasteiger charge is -2.21. The third-order valence-corrected chi connectivity index (χ3v) is 5.95. The summed E-state index contributed by atoms with van der Waals surface area (Å²) in [5.74, 6) is 2.99. The zero-order chi connectivity index (χ0) is 20.1. The molecule has 8 heteroatoms. The monoisotopic (exact) mass is 403 g/mol. The van der Waals surface area contributed by atoms with Crippen molar-refractivity contribution in [2.75, 3.05) is 53.4 Å². The van der Waals surface area contributed by atoms with Gasteiger partial charge >= 0.3 is 0 Å². The van der Waals surface area contributed by atoms with Crippen molar-refractivity contribution in [2.24, 2.45) is 4.99 Å². The van der Waals surface area contributed by atoms with Gasteiger partial charge in [0.15, 0.2) is 11.1 Å². The van der Waals surface area contributed by atoms with Crippen LogP contribution in [-0.4, -0.2) is 64.3 Å². The van der Waals surface area contributed by atoms with Gasteiger partial charge in [-0.15, -0.1) is 11.3 Å². The van der Waals surface area contributed by atoms with Crippen molar-refractivity contribution in [3.05, 3.63) is 34.8 Å². The molecule has 0 spiro atoms. The Morgan fingerprint density at radius 3 is 2.57 bits per heavy atom. The number of benzene rings is 1. The summed E-state index contributed by atoms with van der Waals surface area (Å²) in [6, 6.07) is 6.11. The van der Waals surface area contributed by atoms with Crippen LogP contribution in [0.1, 0.15) is 23.6 Å². The number of ether oxygens (including phenoxy) is 2. The molecule has 0 aliphatic carbocycles. The zero-order valence-electron chi connectivity index (χ0n) is 17.2. The van der Waals surface area contributed by atoms with Gasteiger partial charge in [0.05, 0.1) is 26.5 Å². The van der Waals surface area contributed by atoms with Crippen LogP contribution in [0.15, 0.2) is 28.6 Å². The van der Waals surface area contributed by atoms with Gasteiger partial charge in [-0.3, -0.25) is 4.99 Å². The first kappa shape index (κ1) is 20.3. The normalized spacial score (nSPS) is 17.0. The molecular weight excluding hydrogens is 374 g/mol. The highest BCUT2D eigenvalue weighted by molar-refractivity contribution is 7.13. The van der Waals surface area contributed by atoms with E-state index in [4.69, 9.17) is 9.47 Å². The number of aromatic nitrogens is 1. The molecule has 2 heterocycles. The molecule has 1 aliphatic rings. The Hall–Kier alpha value is -2.48. The third-order valence-electron chi connectivity index (χ3n) is 4.89. The van der Waals surface area contributed by atoms with E-state index in [9.17, 15) is 0 Å². The SMILES string of the molecule is CN=C(NCc1csc(N(C)C)n1)N1CCC(c2cc(OC)cc(OC)c2)C1. The number of rotatable bonds is 6. The van der Waals surface area contributed by atoms with Gasteiger partial charge in [-0.2, -0.15) is 0 Å². The van der Waals surface area contributed by atoms with Crippen LogP contribution in [-0.2, 0) is 6.54 Å². The van der Waals surface area contributed by atoms with Crippen LogP contribution in [0, 0.1) is 0 Å². The average Bonchev–Trinajstić information content (AvgIpc) is 3.38. The Labute approximate surface area is 171 Å². The van der Waals surface area contributed by atoms with Gasteiger partial charge in [-0.1, -0.05) is 0 Å². The maximum atomic E-state index is 5.42. The van der Waals surface area contributed by atoms with Crippen molar-refractivity contribution >= 4 is 22.4 Å². The Kier molecular flexibility index (Phi) is 6.61. The van der Waals surface area contributed by atoms with E-state index in [1.54, 1.807) is 25.6 Å². The summed E-state index contributed by atoms with van der Waals surface area (Å²) in [7, 11) is 9.22. The molecule has 0 saturated carbocycles. The highest BCUT2D eigenvalue weighted by Crippen LogP contribution is 2.33. The molecule has 1 aromatic heterocycles. The van der Waals surface area contributed by atoms with Gasteiger partial charge in [-0.05, 0) is 24.1 Å². The first-order valence-corrected chi connectivity index (χ1v) is 10.2. The Morgan fingerprint density at radius 2 is 2.00 bits per heavy atom. The Morgan fingerprint density at radius 1 is 1.29 bits per heavy atom. The number of nitrogens with zero attached hydrogens (tertiary/aromatic N) is 4. The highest BCUT2D eigenvalue weighted by Gasteiger charge is 2.27. The second kappa shape index (κ2) is 9.14. The fourth-order valence-corrected chi connectivity index (χ4v) is 4.13. The van der Waals surface area contributed by atoms with Gasteiger partial charge in [-0.25, -0.2) is 4.98 Å². The van der Waals surface area contributed by atoms with Crippen LogP contribution in [0.5, 0.6) is 11.5 Å². The topological polar surface area (TPSA) is 62.2 Å². The summed E-state index contributed by atoms with van der Waals surface area (Å²) in [6.45, 7) is 2.55. The minimum absolute atomic E-state index is 0.419. The minimum atomic E-state index is 0.419. The number of thiazole rings is 1. The van der Waals surface area contributed by atoms with Gasteiger partial charge in [0.1, 0.15) is 11.5 Å². The lowest BCUT2D eigenvalue weighted by Crippen LogP contribution is -2.39. The van der Waals surface area contributed by atoms with Crippen molar-refractivity contribution in [3.63, 3.8) is 0 Å². The predicted octanol–water partition coefficient (Wildman–Crippen LogP) is 2.79. The van der Waals surface area contributed by atoms with Gasteiger partial charge in [0.25, 0.3) is 0 Å². The second-order valence-electron chi connectivity index (χ2n) is 6.99. The molecule has 0 radical (unpaired) electrons. The zero-order valence-corrected chi connectivity index (χ0v) is 18.0. The molecule has 152 valence electrons. The van der Waals surface area contributed by atoms with Gasteiger partial charge in [0, 0.05) is 51.6 Å². The summed E-state index contributed by atoms with van der Waals surface area (Å²) < 4.78 is 10.8. The van der Waals surface area contributed by atoms with Gasteiger partial charge in [0.2, 0.25) is 0 Å². The lowest BCUT2D eigenvalue weighted by molar-refractivity contribution is 0.392. The molecule has 1 N–H and O–H groups in total. The van der Waals surface area contributed by atoms with E-state index in [2.05, 4.69) is 37.7 Å². The van der Waals surface area contributed by atoms with Crippen LogP contribution in [0.3, 0.4) is 0 Å². The molecular formula is C20H29N5O2S. The number of guanidine groups is 1. The van der Waals surface area contributed by atoms with E-state index in [-0.39, 0.29) is 0 Å². The summed E-state index contributed by atoms with van der Waals surface area (Å²) in [5, 5.41) is 6.55. The van der Waals surface area contributed by atoms with Crippen molar-refractivity contribution in [1.29, 1.82) is 0 Å². The summed E-state index contributed by atoms with van der Waals surface area (Å²) in [5.41, 5.74) is 2.27. The smallest absolute Gasteiger partial charge is 0.193 e. The van der Waals surface area contributed by atoms with Crippen LogP contribution >= 0.6 is 11.3 Å². The Bertz CT molecular complexity index is 798. The van der Waals surface area contributed by atoms with Crippen molar-refractivity contribution < 1.29 is 9.47 Å². The largest absolute Gasteiger partial charge is 0.497 e. The quantitative estimate of drug-likeness (QED) is 0.591. The first-order chi connectivity index (χ1) is 13.5. The number of hydrogen-bond donors (Lipinski definition) is 1. The highest BCUT2D eigenvalue weighted by atomic mass is 32.1. The van der Waals surface area contributed by atoms with Gasteiger partial charge < -0.3 is 24.6 Å². The van der Waals surface area contributed by atoms with Crippen molar-refractivity contribution in [1.82, 2.24) is 15.2 Å². The molecule has 0 amide bonds. The molecule has 0 bridgehead atoms. The molecule has 1 aliphatic heterocycles. The molecule has 3 rings (SSSR count). The first-order valence-electron chi connectivity index (χ1n) is 9.34. The molecule has 1 atom stereocenters. The number of methoxy groups -OCH3 is 2. The van der Waals surface area contributed by atoms with E-state index < -0.39 is 0 Å². The fraction of sp³-hybridized carbons (Fsp3) is 0.500. The average molecular weight is 404 g/mol. The van der Waals surface area contributed by atoms with Crippen LogP contribution in [0.4, 0.5) is 5.13 Å². The van der Waals surface area contributed by atoms with E-state index >= 15 is 0 Å². The minimum Gasteiger partial charge on any atom is -0.497 e. The molecule has 2 aromatic rings. The predicted molar refractivity (Wildman–Crippen MR) is 115 cm³/mol. The molecule has 1 fully saturated rings. The van der Waals surface area contributed by atoms with Crippen LogP contribution in [0.25, 0.3) is 0 Å². The van der Waals surface area contributed by atoms with Crippen molar-refractivity contribution in [3.8, 4) is 11.5 Å².